The molecule has 116 valence electrons. The molecule has 0 saturated carbocycles. The standard InChI is InChI=1S/C18H23N3O/c1-4-18(22)20-17-11-10-16(12-19-17)21(14(2)3)13-15-8-6-5-7-9-15/h5-12,14H,4,13H2,1-3H3,(H,19,20,22). The Morgan fingerprint density at radius 3 is 2.45 bits per heavy atom. The molecule has 0 aliphatic rings. The van der Waals surface area contributed by atoms with Gasteiger partial charge in [-0.2, -0.15) is 0 Å². The Morgan fingerprint density at radius 2 is 1.91 bits per heavy atom. The Morgan fingerprint density at radius 1 is 1.18 bits per heavy atom. The highest BCUT2D eigenvalue weighted by Gasteiger charge is 2.12. The van der Waals surface area contributed by atoms with Gasteiger partial charge in [0.1, 0.15) is 5.82 Å². The molecule has 1 N–H and O–H groups in total. The molecule has 0 radical (unpaired) electrons. The zero-order valence-electron chi connectivity index (χ0n) is 13.4. The molecule has 0 unspecified atom stereocenters. The molecule has 0 atom stereocenters. The van der Waals surface area contributed by atoms with E-state index in [0.29, 0.717) is 18.3 Å². The van der Waals surface area contributed by atoms with Crippen LogP contribution in [0.3, 0.4) is 0 Å². The van der Waals surface area contributed by atoms with Gasteiger partial charge < -0.3 is 10.2 Å². The van der Waals surface area contributed by atoms with E-state index < -0.39 is 0 Å². The highest BCUT2D eigenvalue weighted by Crippen LogP contribution is 2.20. The second-order valence-corrected chi connectivity index (χ2v) is 5.51. The van der Waals surface area contributed by atoms with E-state index in [2.05, 4.69) is 53.3 Å². The molecule has 0 bridgehead atoms. The summed E-state index contributed by atoms with van der Waals surface area (Å²) in [5.41, 5.74) is 2.31. The SMILES string of the molecule is CCC(=O)Nc1ccc(N(Cc2ccccc2)C(C)C)cn1. The van der Waals surface area contributed by atoms with Crippen molar-refractivity contribution >= 4 is 17.4 Å². The number of nitrogens with one attached hydrogen (secondary N) is 1. The van der Waals surface area contributed by atoms with E-state index in [4.69, 9.17) is 0 Å². The van der Waals surface area contributed by atoms with Crippen molar-refractivity contribution in [2.24, 2.45) is 0 Å². The number of amides is 1. The van der Waals surface area contributed by atoms with E-state index >= 15 is 0 Å². The summed E-state index contributed by atoms with van der Waals surface area (Å²) in [6.45, 7) is 6.98. The summed E-state index contributed by atoms with van der Waals surface area (Å²) in [5.74, 6) is 0.573. The largest absolute Gasteiger partial charge is 0.364 e. The maximum absolute atomic E-state index is 11.4. The van der Waals surface area contributed by atoms with Gasteiger partial charge in [0.05, 0.1) is 11.9 Å². The lowest BCUT2D eigenvalue weighted by atomic mass is 10.1. The average molecular weight is 297 g/mol. The smallest absolute Gasteiger partial charge is 0.225 e. The van der Waals surface area contributed by atoms with E-state index in [1.165, 1.54) is 5.56 Å². The van der Waals surface area contributed by atoms with Crippen LogP contribution in [-0.2, 0) is 11.3 Å². The third-order valence-corrected chi connectivity index (χ3v) is 3.49. The molecule has 2 aromatic rings. The molecule has 2 rings (SSSR count). The van der Waals surface area contributed by atoms with Crippen molar-refractivity contribution in [3.63, 3.8) is 0 Å². The van der Waals surface area contributed by atoms with E-state index in [1.807, 2.05) is 31.3 Å². The molecule has 0 saturated heterocycles. The molecule has 0 spiro atoms. The molecule has 4 heteroatoms. The Labute approximate surface area is 132 Å². The summed E-state index contributed by atoms with van der Waals surface area (Å²) < 4.78 is 0. The minimum absolute atomic E-state index is 0.0229. The number of aromatic nitrogens is 1. The number of hydrogen-bond donors (Lipinski definition) is 1. The minimum Gasteiger partial charge on any atom is -0.364 e. The summed E-state index contributed by atoms with van der Waals surface area (Å²) in [4.78, 5) is 18.0. The quantitative estimate of drug-likeness (QED) is 0.881. The van der Waals surface area contributed by atoms with Crippen LogP contribution in [0.5, 0.6) is 0 Å². The fraction of sp³-hybridized carbons (Fsp3) is 0.333. The van der Waals surface area contributed by atoms with Gasteiger partial charge in [0.2, 0.25) is 5.91 Å². The van der Waals surface area contributed by atoms with Gasteiger partial charge in [0.15, 0.2) is 0 Å². The summed E-state index contributed by atoms with van der Waals surface area (Å²) in [7, 11) is 0. The second kappa shape index (κ2) is 7.59. The van der Waals surface area contributed by atoms with Crippen molar-refractivity contribution in [1.82, 2.24) is 4.98 Å². The van der Waals surface area contributed by atoms with Gasteiger partial charge in [-0.15, -0.1) is 0 Å². The lowest BCUT2D eigenvalue weighted by Gasteiger charge is -2.29. The molecule has 0 aliphatic heterocycles. The van der Waals surface area contributed by atoms with Crippen LogP contribution in [0.15, 0.2) is 48.7 Å². The third-order valence-electron chi connectivity index (χ3n) is 3.49. The van der Waals surface area contributed by atoms with Crippen molar-refractivity contribution in [2.75, 3.05) is 10.2 Å². The van der Waals surface area contributed by atoms with Crippen LogP contribution in [0, 0.1) is 0 Å². The van der Waals surface area contributed by atoms with Gasteiger partial charge in [-0.3, -0.25) is 4.79 Å². The first-order valence-electron chi connectivity index (χ1n) is 7.66. The second-order valence-electron chi connectivity index (χ2n) is 5.51. The predicted molar refractivity (Wildman–Crippen MR) is 90.9 cm³/mol. The number of rotatable bonds is 6. The Bertz CT molecular complexity index is 593. The van der Waals surface area contributed by atoms with Gasteiger partial charge in [-0.25, -0.2) is 4.98 Å². The number of nitrogens with zero attached hydrogens (tertiary/aromatic N) is 2. The van der Waals surface area contributed by atoms with Crippen LogP contribution in [0.25, 0.3) is 0 Å². The van der Waals surface area contributed by atoms with Crippen LogP contribution in [0.1, 0.15) is 32.8 Å². The molecule has 1 heterocycles. The molecule has 1 amide bonds. The van der Waals surface area contributed by atoms with Crippen LogP contribution in [0.2, 0.25) is 0 Å². The normalized spacial score (nSPS) is 10.5. The van der Waals surface area contributed by atoms with Crippen molar-refractivity contribution in [1.29, 1.82) is 0 Å². The van der Waals surface area contributed by atoms with E-state index in [1.54, 1.807) is 0 Å². The highest BCUT2D eigenvalue weighted by molar-refractivity contribution is 5.89. The first-order chi connectivity index (χ1) is 10.6. The van der Waals surface area contributed by atoms with Gasteiger partial charge >= 0.3 is 0 Å². The summed E-state index contributed by atoms with van der Waals surface area (Å²) in [5, 5.41) is 2.77. The van der Waals surface area contributed by atoms with Crippen LogP contribution >= 0.6 is 0 Å². The van der Waals surface area contributed by atoms with Crippen LogP contribution < -0.4 is 10.2 Å². The monoisotopic (exact) mass is 297 g/mol. The zero-order valence-corrected chi connectivity index (χ0v) is 13.4. The number of hydrogen-bond acceptors (Lipinski definition) is 3. The van der Waals surface area contributed by atoms with Gasteiger partial charge in [0, 0.05) is 19.0 Å². The van der Waals surface area contributed by atoms with E-state index in [9.17, 15) is 4.79 Å². The van der Waals surface area contributed by atoms with E-state index in [-0.39, 0.29) is 5.91 Å². The van der Waals surface area contributed by atoms with Gasteiger partial charge in [-0.1, -0.05) is 37.3 Å². The Balaban J connectivity index is 2.13. The first kappa shape index (κ1) is 16.0. The summed E-state index contributed by atoms with van der Waals surface area (Å²) in [6, 6.07) is 14.6. The van der Waals surface area contributed by atoms with Gasteiger partial charge in [-0.05, 0) is 31.5 Å². The number of anilines is 2. The van der Waals surface area contributed by atoms with Crippen molar-refractivity contribution in [3.05, 3.63) is 54.2 Å². The predicted octanol–water partition coefficient (Wildman–Crippen LogP) is 3.85. The molecular weight excluding hydrogens is 274 g/mol. The maximum atomic E-state index is 11.4. The molecule has 1 aromatic carbocycles. The molecule has 0 aliphatic carbocycles. The fourth-order valence-corrected chi connectivity index (χ4v) is 2.21. The van der Waals surface area contributed by atoms with Crippen molar-refractivity contribution < 1.29 is 4.79 Å². The summed E-state index contributed by atoms with van der Waals surface area (Å²) >= 11 is 0. The molecule has 22 heavy (non-hydrogen) atoms. The molecule has 1 aromatic heterocycles. The first-order valence-corrected chi connectivity index (χ1v) is 7.66. The lowest BCUT2D eigenvalue weighted by Crippen LogP contribution is -2.30. The Kier molecular flexibility index (Phi) is 5.53. The van der Waals surface area contributed by atoms with Gasteiger partial charge in [0.25, 0.3) is 0 Å². The van der Waals surface area contributed by atoms with E-state index in [0.717, 1.165) is 12.2 Å². The molecule has 4 nitrogen and oxygen atoms in total. The van der Waals surface area contributed by atoms with Crippen molar-refractivity contribution in [3.8, 4) is 0 Å². The fourth-order valence-electron chi connectivity index (χ4n) is 2.21. The maximum Gasteiger partial charge on any atom is 0.225 e. The van der Waals surface area contributed by atoms with Crippen LogP contribution in [-0.4, -0.2) is 16.9 Å². The highest BCUT2D eigenvalue weighted by atomic mass is 16.1. The zero-order chi connectivity index (χ0) is 15.9. The lowest BCUT2D eigenvalue weighted by molar-refractivity contribution is -0.115. The average Bonchev–Trinajstić information content (AvgIpc) is 2.54. The number of benzene rings is 1. The number of carbonyl (C=O) groups is 1. The van der Waals surface area contributed by atoms with Crippen molar-refractivity contribution in [2.45, 2.75) is 39.8 Å². The molecular formula is C18H23N3O. The minimum atomic E-state index is -0.0229. The topological polar surface area (TPSA) is 45.2 Å². The number of carbonyl (C=O) groups excluding carboxylic acids is 1. The third kappa shape index (κ3) is 4.32. The summed E-state index contributed by atoms with van der Waals surface area (Å²) in [6.07, 6.45) is 2.27. The molecule has 0 fully saturated rings. The number of pyridine rings is 1. The van der Waals surface area contributed by atoms with Crippen LogP contribution in [0.4, 0.5) is 11.5 Å². The Hall–Kier alpha value is -2.36.